The SMILES string of the molecule is COC(=O)C1CCN(C(=O)c2ccc3[nH]ccc3c2)CC1. The number of aromatic nitrogens is 1. The second-order valence-electron chi connectivity index (χ2n) is 5.37. The van der Waals surface area contributed by atoms with E-state index in [1.54, 1.807) is 0 Å². The maximum absolute atomic E-state index is 12.5. The number of likely N-dealkylation sites (tertiary alicyclic amines) is 1. The Labute approximate surface area is 122 Å². The Balaban J connectivity index is 1.70. The molecule has 1 aliphatic rings. The van der Waals surface area contributed by atoms with Crippen molar-refractivity contribution in [3.63, 3.8) is 0 Å². The monoisotopic (exact) mass is 286 g/mol. The van der Waals surface area contributed by atoms with Crippen LogP contribution in [-0.4, -0.2) is 42.0 Å². The molecule has 1 aromatic heterocycles. The van der Waals surface area contributed by atoms with Crippen molar-refractivity contribution in [2.24, 2.45) is 5.92 Å². The largest absolute Gasteiger partial charge is 0.469 e. The van der Waals surface area contributed by atoms with Crippen molar-refractivity contribution in [3.05, 3.63) is 36.0 Å². The summed E-state index contributed by atoms with van der Waals surface area (Å²) in [5.74, 6) is -0.219. The molecular weight excluding hydrogens is 268 g/mol. The quantitative estimate of drug-likeness (QED) is 0.861. The van der Waals surface area contributed by atoms with Gasteiger partial charge in [0.15, 0.2) is 0 Å². The molecule has 0 spiro atoms. The number of nitrogens with one attached hydrogen (secondary N) is 1. The van der Waals surface area contributed by atoms with Gasteiger partial charge in [-0.1, -0.05) is 0 Å². The second kappa shape index (κ2) is 5.60. The molecule has 5 nitrogen and oxygen atoms in total. The van der Waals surface area contributed by atoms with Crippen molar-refractivity contribution in [1.29, 1.82) is 0 Å². The zero-order chi connectivity index (χ0) is 14.8. The maximum atomic E-state index is 12.5. The first-order valence-corrected chi connectivity index (χ1v) is 7.13. The number of amides is 1. The first kappa shape index (κ1) is 13.7. The smallest absolute Gasteiger partial charge is 0.308 e. The van der Waals surface area contributed by atoms with E-state index in [1.165, 1.54) is 7.11 Å². The number of benzene rings is 1. The molecule has 1 amide bonds. The first-order valence-electron chi connectivity index (χ1n) is 7.13. The number of esters is 1. The van der Waals surface area contributed by atoms with Crippen LogP contribution in [0.3, 0.4) is 0 Å². The number of methoxy groups -OCH3 is 1. The van der Waals surface area contributed by atoms with Crippen molar-refractivity contribution in [2.45, 2.75) is 12.8 Å². The minimum atomic E-state index is -0.171. The van der Waals surface area contributed by atoms with Crippen LogP contribution in [0.5, 0.6) is 0 Å². The molecule has 110 valence electrons. The van der Waals surface area contributed by atoms with Crippen molar-refractivity contribution in [2.75, 3.05) is 20.2 Å². The van der Waals surface area contributed by atoms with E-state index < -0.39 is 0 Å². The second-order valence-corrected chi connectivity index (χ2v) is 5.37. The minimum Gasteiger partial charge on any atom is -0.469 e. The average molecular weight is 286 g/mol. The van der Waals surface area contributed by atoms with Gasteiger partial charge in [-0.2, -0.15) is 0 Å². The average Bonchev–Trinajstić information content (AvgIpc) is 3.01. The zero-order valence-electron chi connectivity index (χ0n) is 12.0. The van der Waals surface area contributed by atoms with Crippen LogP contribution in [-0.2, 0) is 9.53 Å². The topological polar surface area (TPSA) is 62.4 Å². The third-order valence-corrected chi connectivity index (χ3v) is 4.12. The fourth-order valence-electron chi connectivity index (χ4n) is 2.85. The lowest BCUT2D eigenvalue weighted by Crippen LogP contribution is -2.40. The molecule has 2 heterocycles. The molecule has 0 aliphatic carbocycles. The Morgan fingerprint density at radius 1 is 1.24 bits per heavy atom. The molecule has 0 saturated carbocycles. The third kappa shape index (κ3) is 2.63. The van der Waals surface area contributed by atoms with E-state index in [-0.39, 0.29) is 17.8 Å². The van der Waals surface area contributed by atoms with Gasteiger partial charge >= 0.3 is 5.97 Å². The van der Waals surface area contributed by atoms with Gasteiger partial charge in [0.05, 0.1) is 13.0 Å². The van der Waals surface area contributed by atoms with Crippen LogP contribution in [0.25, 0.3) is 10.9 Å². The van der Waals surface area contributed by atoms with Crippen molar-refractivity contribution >= 4 is 22.8 Å². The van der Waals surface area contributed by atoms with E-state index in [2.05, 4.69) is 4.98 Å². The summed E-state index contributed by atoms with van der Waals surface area (Å²) in [6.45, 7) is 1.20. The Bertz CT molecular complexity index is 669. The Kier molecular flexibility index (Phi) is 3.64. The lowest BCUT2D eigenvalue weighted by atomic mass is 9.96. The normalized spacial score (nSPS) is 16.1. The van der Waals surface area contributed by atoms with Crippen molar-refractivity contribution in [3.8, 4) is 0 Å². The van der Waals surface area contributed by atoms with Crippen LogP contribution in [0.1, 0.15) is 23.2 Å². The van der Waals surface area contributed by atoms with Gasteiger partial charge in [-0.3, -0.25) is 9.59 Å². The number of H-pyrrole nitrogens is 1. The van der Waals surface area contributed by atoms with Crippen molar-refractivity contribution < 1.29 is 14.3 Å². The summed E-state index contributed by atoms with van der Waals surface area (Å²) in [6.07, 6.45) is 3.20. The summed E-state index contributed by atoms with van der Waals surface area (Å²) in [5, 5.41) is 1.03. The van der Waals surface area contributed by atoms with E-state index in [4.69, 9.17) is 4.74 Å². The summed E-state index contributed by atoms with van der Waals surface area (Å²) < 4.78 is 4.76. The van der Waals surface area contributed by atoms with Gasteiger partial charge in [0.25, 0.3) is 5.91 Å². The van der Waals surface area contributed by atoms with Gasteiger partial charge in [0.1, 0.15) is 0 Å². The zero-order valence-corrected chi connectivity index (χ0v) is 12.0. The highest BCUT2D eigenvalue weighted by Crippen LogP contribution is 2.21. The fraction of sp³-hybridized carbons (Fsp3) is 0.375. The summed E-state index contributed by atoms with van der Waals surface area (Å²) in [5.41, 5.74) is 1.72. The van der Waals surface area contributed by atoms with Crippen LogP contribution in [0.2, 0.25) is 0 Å². The highest BCUT2D eigenvalue weighted by molar-refractivity contribution is 5.98. The lowest BCUT2D eigenvalue weighted by Gasteiger charge is -2.30. The van der Waals surface area contributed by atoms with Gasteiger partial charge in [-0.15, -0.1) is 0 Å². The van der Waals surface area contributed by atoms with Crippen LogP contribution >= 0.6 is 0 Å². The van der Waals surface area contributed by atoms with Gasteiger partial charge in [0.2, 0.25) is 0 Å². The first-order chi connectivity index (χ1) is 10.2. The Morgan fingerprint density at radius 2 is 2.00 bits per heavy atom. The number of piperidine rings is 1. The number of ether oxygens (including phenoxy) is 1. The molecule has 1 fully saturated rings. The molecule has 5 heteroatoms. The molecule has 2 aromatic rings. The third-order valence-electron chi connectivity index (χ3n) is 4.12. The molecule has 1 N–H and O–H groups in total. The predicted molar refractivity (Wildman–Crippen MR) is 78.9 cm³/mol. The number of rotatable bonds is 2. The van der Waals surface area contributed by atoms with E-state index >= 15 is 0 Å². The molecule has 0 bridgehead atoms. The van der Waals surface area contributed by atoms with Crippen LogP contribution < -0.4 is 0 Å². The number of aromatic amines is 1. The van der Waals surface area contributed by atoms with Crippen LogP contribution in [0.4, 0.5) is 0 Å². The Hall–Kier alpha value is -2.30. The van der Waals surface area contributed by atoms with E-state index in [0.29, 0.717) is 31.5 Å². The Morgan fingerprint density at radius 3 is 2.71 bits per heavy atom. The number of hydrogen-bond acceptors (Lipinski definition) is 3. The number of nitrogens with zero attached hydrogens (tertiary/aromatic N) is 1. The number of carbonyl (C=O) groups is 2. The molecule has 3 rings (SSSR count). The molecule has 0 atom stereocenters. The molecule has 1 aliphatic heterocycles. The highest BCUT2D eigenvalue weighted by Gasteiger charge is 2.28. The highest BCUT2D eigenvalue weighted by atomic mass is 16.5. The van der Waals surface area contributed by atoms with Gasteiger partial charge < -0.3 is 14.6 Å². The summed E-state index contributed by atoms with van der Waals surface area (Å²) in [6, 6.07) is 7.62. The predicted octanol–water partition coefficient (Wildman–Crippen LogP) is 2.19. The summed E-state index contributed by atoms with van der Waals surface area (Å²) in [4.78, 5) is 28.9. The standard InChI is InChI=1S/C16H18N2O3/c1-21-16(20)11-5-8-18(9-6-11)15(19)13-2-3-14-12(10-13)4-7-17-14/h2-4,7,10-11,17H,5-6,8-9H2,1H3. The lowest BCUT2D eigenvalue weighted by molar-refractivity contribution is -0.146. The van der Waals surface area contributed by atoms with Gasteiger partial charge in [0, 0.05) is 35.8 Å². The van der Waals surface area contributed by atoms with Crippen LogP contribution in [0, 0.1) is 5.92 Å². The summed E-state index contributed by atoms with van der Waals surface area (Å²) in [7, 11) is 1.41. The maximum Gasteiger partial charge on any atom is 0.308 e. The number of fused-ring (bicyclic) bond motifs is 1. The molecule has 1 aromatic carbocycles. The fourth-order valence-corrected chi connectivity index (χ4v) is 2.85. The molecular formula is C16H18N2O3. The molecule has 0 unspecified atom stereocenters. The van der Waals surface area contributed by atoms with Crippen LogP contribution in [0.15, 0.2) is 30.5 Å². The van der Waals surface area contributed by atoms with Gasteiger partial charge in [-0.05, 0) is 37.1 Å². The van der Waals surface area contributed by atoms with E-state index in [1.807, 2.05) is 35.4 Å². The molecule has 1 saturated heterocycles. The summed E-state index contributed by atoms with van der Waals surface area (Å²) >= 11 is 0. The number of carbonyl (C=O) groups excluding carboxylic acids is 2. The van der Waals surface area contributed by atoms with Crippen molar-refractivity contribution in [1.82, 2.24) is 9.88 Å². The van der Waals surface area contributed by atoms with Gasteiger partial charge in [-0.25, -0.2) is 0 Å². The molecule has 0 radical (unpaired) electrons. The van der Waals surface area contributed by atoms with E-state index in [0.717, 1.165) is 10.9 Å². The molecule has 21 heavy (non-hydrogen) atoms. The van der Waals surface area contributed by atoms with E-state index in [9.17, 15) is 9.59 Å². The minimum absolute atomic E-state index is 0.0291. The number of hydrogen-bond donors (Lipinski definition) is 1.